The number of rotatable bonds is 0. The number of H-pyrrole nitrogens is 1. The summed E-state index contributed by atoms with van der Waals surface area (Å²) in [4.78, 5) is 15.4. The molecular formula is C7H8N4O. The summed E-state index contributed by atoms with van der Waals surface area (Å²) in [7, 11) is 0. The molecular weight excluding hydrogens is 156 g/mol. The number of nitrogens with zero attached hydrogens (tertiary/aromatic N) is 2. The van der Waals surface area contributed by atoms with E-state index in [4.69, 9.17) is 5.73 Å². The molecule has 0 radical (unpaired) electrons. The van der Waals surface area contributed by atoms with Gasteiger partial charge in [0.15, 0.2) is 5.65 Å². The summed E-state index contributed by atoms with van der Waals surface area (Å²) in [6.07, 6.45) is 0. The highest BCUT2D eigenvalue weighted by Gasteiger charge is 2.00. The van der Waals surface area contributed by atoms with Gasteiger partial charge in [-0.2, -0.15) is 4.52 Å². The molecule has 0 saturated carbocycles. The molecule has 0 aromatic carbocycles. The van der Waals surface area contributed by atoms with E-state index < -0.39 is 0 Å². The van der Waals surface area contributed by atoms with Gasteiger partial charge in [0.1, 0.15) is 5.82 Å². The lowest BCUT2D eigenvalue weighted by Crippen LogP contribution is -2.14. The smallest absolute Gasteiger partial charge is 0.272 e. The van der Waals surface area contributed by atoms with Crippen LogP contribution >= 0.6 is 0 Å². The molecule has 0 amide bonds. The first-order valence-corrected chi connectivity index (χ1v) is 3.52. The number of aromatic nitrogens is 3. The Morgan fingerprint density at radius 3 is 3.08 bits per heavy atom. The van der Waals surface area contributed by atoms with E-state index in [1.807, 2.05) is 0 Å². The second kappa shape index (κ2) is 2.10. The first-order valence-electron chi connectivity index (χ1n) is 3.52. The van der Waals surface area contributed by atoms with Crippen LogP contribution in [0.1, 0.15) is 5.69 Å². The predicted molar refractivity (Wildman–Crippen MR) is 45.0 cm³/mol. The quantitative estimate of drug-likeness (QED) is 0.571. The fraction of sp³-hybridized carbons (Fsp3) is 0.143. The van der Waals surface area contributed by atoms with E-state index >= 15 is 0 Å². The Kier molecular flexibility index (Phi) is 1.21. The molecule has 5 heteroatoms. The summed E-state index contributed by atoms with van der Waals surface area (Å²) in [5, 5.41) is 2.67. The van der Waals surface area contributed by atoms with Crippen molar-refractivity contribution in [3.63, 3.8) is 0 Å². The number of hydrogen-bond donors (Lipinski definition) is 2. The molecule has 5 nitrogen and oxygen atoms in total. The van der Waals surface area contributed by atoms with E-state index in [0.717, 1.165) is 0 Å². The Morgan fingerprint density at radius 1 is 1.58 bits per heavy atom. The van der Waals surface area contributed by atoms with Gasteiger partial charge < -0.3 is 5.73 Å². The summed E-state index contributed by atoms with van der Waals surface area (Å²) < 4.78 is 1.31. The molecule has 0 aliphatic rings. The Labute approximate surface area is 67.8 Å². The van der Waals surface area contributed by atoms with Crippen LogP contribution in [0.15, 0.2) is 16.9 Å². The van der Waals surface area contributed by atoms with Crippen molar-refractivity contribution in [1.82, 2.24) is 14.6 Å². The van der Waals surface area contributed by atoms with Gasteiger partial charge in [-0.1, -0.05) is 0 Å². The van der Waals surface area contributed by atoms with E-state index in [-0.39, 0.29) is 5.56 Å². The summed E-state index contributed by atoms with van der Waals surface area (Å²) in [6.45, 7) is 1.77. The molecule has 2 heterocycles. The maximum atomic E-state index is 11.2. The SMILES string of the molecule is Cc1cc(=O)n2[nH]c(N)cc2n1. The van der Waals surface area contributed by atoms with Crippen molar-refractivity contribution in [1.29, 1.82) is 0 Å². The highest BCUT2D eigenvalue weighted by atomic mass is 16.1. The highest BCUT2D eigenvalue weighted by molar-refractivity contribution is 5.47. The zero-order valence-corrected chi connectivity index (χ0v) is 6.53. The molecule has 0 spiro atoms. The third kappa shape index (κ3) is 0.868. The zero-order chi connectivity index (χ0) is 8.72. The monoisotopic (exact) mass is 164 g/mol. The van der Waals surface area contributed by atoms with Gasteiger partial charge in [-0.15, -0.1) is 0 Å². The van der Waals surface area contributed by atoms with Gasteiger partial charge in [-0.25, -0.2) is 4.98 Å². The molecule has 0 fully saturated rings. The summed E-state index contributed by atoms with van der Waals surface area (Å²) in [5.74, 6) is 0.435. The van der Waals surface area contributed by atoms with Crippen molar-refractivity contribution in [2.24, 2.45) is 0 Å². The van der Waals surface area contributed by atoms with Crippen LogP contribution < -0.4 is 11.3 Å². The molecule has 0 aliphatic carbocycles. The Bertz CT molecular complexity index is 482. The normalized spacial score (nSPS) is 10.8. The van der Waals surface area contributed by atoms with Crippen LogP contribution in [0.2, 0.25) is 0 Å². The van der Waals surface area contributed by atoms with Gasteiger partial charge >= 0.3 is 0 Å². The molecule has 0 aliphatic heterocycles. The van der Waals surface area contributed by atoms with Crippen LogP contribution in [-0.2, 0) is 0 Å². The van der Waals surface area contributed by atoms with Crippen molar-refractivity contribution in [3.05, 3.63) is 28.2 Å². The third-order valence-electron chi connectivity index (χ3n) is 1.60. The molecule has 0 saturated heterocycles. The first-order chi connectivity index (χ1) is 5.66. The Hall–Kier alpha value is -1.78. The fourth-order valence-electron chi connectivity index (χ4n) is 1.13. The highest BCUT2D eigenvalue weighted by Crippen LogP contribution is 2.01. The van der Waals surface area contributed by atoms with Crippen molar-refractivity contribution >= 4 is 11.5 Å². The van der Waals surface area contributed by atoms with Gasteiger partial charge in [-0.3, -0.25) is 9.89 Å². The van der Waals surface area contributed by atoms with E-state index in [0.29, 0.717) is 17.2 Å². The molecule has 0 atom stereocenters. The van der Waals surface area contributed by atoms with Gasteiger partial charge in [0.25, 0.3) is 5.56 Å². The maximum absolute atomic E-state index is 11.2. The minimum Gasteiger partial charge on any atom is -0.384 e. The van der Waals surface area contributed by atoms with E-state index in [2.05, 4.69) is 10.1 Å². The molecule has 2 rings (SSSR count). The number of nitrogen functional groups attached to an aromatic ring is 1. The number of aryl methyl sites for hydroxylation is 1. The second-order valence-electron chi connectivity index (χ2n) is 2.64. The van der Waals surface area contributed by atoms with Crippen molar-refractivity contribution in [3.8, 4) is 0 Å². The molecule has 2 aromatic heterocycles. The van der Waals surface area contributed by atoms with Crippen molar-refractivity contribution < 1.29 is 0 Å². The maximum Gasteiger partial charge on any atom is 0.272 e. The summed E-state index contributed by atoms with van der Waals surface area (Å²) >= 11 is 0. The van der Waals surface area contributed by atoms with Crippen LogP contribution in [0.5, 0.6) is 0 Å². The van der Waals surface area contributed by atoms with Crippen LogP contribution in [0.25, 0.3) is 5.65 Å². The topological polar surface area (TPSA) is 76.2 Å². The number of nitrogens with two attached hydrogens (primary N) is 1. The molecule has 62 valence electrons. The summed E-state index contributed by atoms with van der Waals surface area (Å²) in [5.41, 5.74) is 6.56. The molecule has 12 heavy (non-hydrogen) atoms. The van der Waals surface area contributed by atoms with Gasteiger partial charge in [0, 0.05) is 17.8 Å². The van der Waals surface area contributed by atoms with E-state index in [9.17, 15) is 4.79 Å². The lowest BCUT2D eigenvalue weighted by Gasteiger charge is -1.92. The number of anilines is 1. The minimum absolute atomic E-state index is 0.144. The molecule has 0 bridgehead atoms. The molecule has 2 aromatic rings. The standard InChI is InChI=1S/C7H8N4O/c1-4-2-7(12)11-6(9-4)3-5(8)10-11/h2-3,10H,8H2,1H3. The Balaban J connectivity index is 2.98. The van der Waals surface area contributed by atoms with Gasteiger partial charge in [0.2, 0.25) is 0 Å². The molecule has 3 N–H and O–H groups in total. The van der Waals surface area contributed by atoms with Gasteiger partial charge in [0.05, 0.1) is 0 Å². The average molecular weight is 164 g/mol. The lowest BCUT2D eigenvalue weighted by atomic mass is 10.4. The van der Waals surface area contributed by atoms with Crippen LogP contribution in [0.3, 0.4) is 0 Å². The van der Waals surface area contributed by atoms with Crippen LogP contribution in [-0.4, -0.2) is 14.6 Å². The van der Waals surface area contributed by atoms with E-state index in [1.165, 1.54) is 10.6 Å². The Morgan fingerprint density at radius 2 is 2.33 bits per heavy atom. The number of nitrogens with one attached hydrogen (secondary N) is 1. The van der Waals surface area contributed by atoms with Crippen LogP contribution in [0.4, 0.5) is 5.82 Å². The average Bonchev–Trinajstić information content (AvgIpc) is 2.29. The van der Waals surface area contributed by atoms with E-state index in [1.54, 1.807) is 13.0 Å². The zero-order valence-electron chi connectivity index (χ0n) is 6.53. The predicted octanol–water partition coefficient (Wildman–Crippen LogP) is -0.0868. The number of aromatic amines is 1. The lowest BCUT2D eigenvalue weighted by molar-refractivity contribution is 0.895. The minimum atomic E-state index is -0.144. The van der Waals surface area contributed by atoms with Crippen molar-refractivity contribution in [2.45, 2.75) is 6.92 Å². The second-order valence-corrected chi connectivity index (χ2v) is 2.64. The number of hydrogen-bond acceptors (Lipinski definition) is 3. The first kappa shape index (κ1) is 6.90. The fourth-order valence-corrected chi connectivity index (χ4v) is 1.13. The molecule has 0 unspecified atom stereocenters. The largest absolute Gasteiger partial charge is 0.384 e. The van der Waals surface area contributed by atoms with Crippen molar-refractivity contribution in [2.75, 3.05) is 5.73 Å². The third-order valence-corrected chi connectivity index (χ3v) is 1.60. The van der Waals surface area contributed by atoms with Crippen LogP contribution in [0, 0.1) is 6.92 Å². The van der Waals surface area contributed by atoms with Gasteiger partial charge in [-0.05, 0) is 6.92 Å². The summed E-state index contributed by atoms with van der Waals surface area (Å²) in [6, 6.07) is 3.07. The number of fused-ring (bicyclic) bond motifs is 1.